The maximum absolute atomic E-state index is 15.0. The van der Waals surface area contributed by atoms with E-state index in [2.05, 4.69) is 0 Å². The summed E-state index contributed by atoms with van der Waals surface area (Å²) in [5.41, 5.74) is 0.577. The number of fused-ring (bicyclic) bond motifs is 1. The Hall–Kier alpha value is -2.96. The van der Waals surface area contributed by atoms with Crippen LogP contribution >= 0.6 is 0 Å². The van der Waals surface area contributed by atoms with Crippen LogP contribution in [0.5, 0.6) is 5.75 Å². The van der Waals surface area contributed by atoms with Gasteiger partial charge in [-0.05, 0) is 30.2 Å². The largest absolute Gasteiger partial charge is 0.493 e. The fourth-order valence-corrected chi connectivity index (χ4v) is 3.29. The van der Waals surface area contributed by atoms with Gasteiger partial charge in [-0.2, -0.15) is 8.78 Å². The Kier molecular flexibility index (Phi) is 5.12. The number of carbonyl (C=O) groups is 2. The van der Waals surface area contributed by atoms with E-state index in [-0.39, 0.29) is 25.4 Å². The lowest BCUT2D eigenvalue weighted by Gasteiger charge is -2.35. The molecule has 0 saturated heterocycles. The lowest BCUT2D eigenvalue weighted by molar-refractivity contribution is -0.161. The van der Waals surface area contributed by atoms with E-state index in [1.807, 2.05) is 0 Å². The number of hydrogen-bond donors (Lipinski definition) is 1. The molecule has 27 heavy (non-hydrogen) atoms. The fourth-order valence-electron chi connectivity index (χ4n) is 3.29. The van der Waals surface area contributed by atoms with Crippen LogP contribution in [0.1, 0.15) is 29.5 Å². The Morgan fingerprint density at radius 1 is 1.19 bits per heavy atom. The first-order valence-corrected chi connectivity index (χ1v) is 8.56. The molecule has 5 nitrogen and oxygen atoms in total. The Balaban J connectivity index is 1.95. The second-order valence-electron chi connectivity index (χ2n) is 6.28. The Bertz CT molecular complexity index is 869. The van der Waals surface area contributed by atoms with E-state index in [1.165, 1.54) is 12.1 Å². The van der Waals surface area contributed by atoms with Crippen LogP contribution in [-0.2, 0) is 22.1 Å². The van der Waals surface area contributed by atoms with Crippen LogP contribution in [0.25, 0.3) is 0 Å². The minimum Gasteiger partial charge on any atom is -0.493 e. The third-order valence-corrected chi connectivity index (χ3v) is 4.57. The van der Waals surface area contributed by atoms with Gasteiger partial charge in [0, 0.05) is 13.1 Å². The van der Waals surface area contributed by atoms with Crippen molar-refractivity contribution in [2.24, 2.45) is 0 Å². The predicted octanol–water partition coefficient (Wildman–Crippen LogP) is 3.39. The molecule has 3 rings (SSSR count). The van der Waals surface area contributed by atoms with Gasteiger partial charge in [-0.1, -0.05) is 36.4 Å². The first-order valence-electron chi connectivity index (χ1n) is 8.56. The molecule has 2 aromatic rings. The molecule has 1 N–H and O–H groups in total. The van der Waals surface area contributed by atoms with E-state index < -0.39 is 29.3 Å². The lowest BCUT2D eigenvalue weighted by Crippen LogP contribution is -2.47. The van der Waals surface area contributed by atoms with Gasteiger partial charge in [0.15, 0.2) is 0 Å². The van der Waals surface area contributed by atoms with Gasteiger partial charge < -0.3 is 14.7 Å². The van der Waals surface area contributed by atoms with Crippen molar-refractivity contribution in [2.45, 2.75) is 25.3 Å². The highest BCUT2D eigenvalue weighted by Gasteiger charge is 2.48. The highest BCUT2D eigenvalue weighted by atomic mass is 19.3. The van der Waals surface area contributed by atoms with E-state index in [1.54, 1.807) is 37.3 Å². The van der Waals surface area contributed by atoms with Gasteiger partial charge in [-0.15, -0.1) is 0 Å². The lowest BCUT2D eigenvalue weighted by atomic mass is 9.89. The molecule has 0 aliphatic carbocycles. The highest BCUT2D eigenvalue weighted by Crippen LogP contribution is 2.39. The van der Waals surface area contributed by atoms with Crippen molar-refractivity contribution in [3.05, 3.63) is 65.2 Å². The molecule has 0 saturated carbocycles. The first kappa shape index (κ1) is 18.8. The summed E-state index contributed by atoms with van der Waals surface area (Å²) in [7, 11) is 0. The summed E-state index contributed by atoms with van der Waals surface area (Å²) in [5.74, 6) is -7.53. The Morgan fingerprint density at radius 2 is 1.85 bits per heavy atom. The van der Waals surface area contributed by atoms with Crippen LogP contribution in [-0.4, -0.2) is 35.0 Å². The van der Waals surface area contributed by atoms with Gasteiger partial charge >= 0.3 is 11.9 Å². The van der Waals surface area contributed by atoms with Crippen molar-refractivity contribution in [1.82, 2.24) is 4.90 Å². The number of carboxylic acid groups (broad SMARTS) is 1. The van der Waals surface area contributed by atoms with Crippen molar-refractivity contribution < 1.29 is 28.2 Å². The topological polar surface area (TPSA) is 66.8 Å². The molecular weight excluding hydrogens is 356 g/mol. The number of halogens is 2. The molecule has 7 heteroatoms. The molecule has 0 bridgehead atoms. The average molecular weight is 375 g/mol. The minimum atomic E-state index is -3.83. The number of benzene rings is 2. The molecule has 1 unspecified atom stereocenters. The number of amides is 1. The summed E-state index contributed by atoms with van der Waals surface area (Å²) < 4.78 is 35.2. The molecule has 1 atom stereocenters. The zero-order chi connectivity index (χ0) is 19.6. The number of carboxylic acids is 1. The molecule has 0 radical (unpaired) electrons. The molecule has 0 aromatic heterocycles. The maximum Gasteiger partial charge on any atom is 0.353 e. The van der Waals surface area contributed by atoms with E-state index in [4.69, 9.17) is 4.74 Å². The Labute approximate surface area is 155 Å². The second-order valence-corrected chi connectivity index (χ2v) is 6.28. The monoisotopic (exact) mass is 375 g/mol. The maximum atomic E-state index is 15.0. The van der Waals surface area contributed by atoms with Crippen LogP contribution < -0.4 is 4.74 Å². The normalized spacial score (nSPS) is 16.6. The molecule has 1 aliphatic heterocycles. The molecule has 142 valence electrons. The molecule has 1 aliphatic rings. The van der Waals surface area contributed by atoms with Crippen molar-refractivity contribution in [3.63, 3.8) is 0 Å². The molecule has 0 spiro atoms. The Morgan fingerprint density at radius 3 is 2.56 bits per heavy atom. The summed E-state index contributed by atoms with van der Waals surface area (Å²) in [5, 5.41) is 9.47. The van der Waals surface area contributed by atoms with Gasteiger partial charge in [-0.3, -0.25) is 9.59 Å². The highest BCUT2D eigenvalue weighted by molar-refractivity contribution is 5.87. The third-order valence-electron chi connectivity index (χ3n) is 4.57. The van der Waals surface area contributed by atoms with E-state index in [0.717, 1.165) is 11.0 Å². The van der Waals surface area contributed by atoms with Gasteiger partial charge in [0.25, 0.3) is 5.91 Å². The standard InChI is InChI=1S/C20H19F2NO4/c1-2-27-17-10-6-5-9-16(17)20(21,22)19(26)23-11-13-7-3-4-8-14(13)15(12-23)18(24)25/h3-10,15H,2,11-12H2,1H3,(H,24,25). The number of ether oxygens (including phenoxy) is 1. The van der Waals surface area contributed by atoms with Crippen molar-refractivity contribution in [3.8, 4) is 5.75 Å². The minimum absolute atomic E-state index is 0.0643. The van der Waals surface area contributed by atoms with Crippen LogP contribution in [0.3, 0.4) is 0 Å². The number of hydrogen-bond acceptors (Lipinski definition) is 3. The van der Waals surface area contributed by atoms with Crippen LogP contribution in [0.4, 0.5) is 8.78 Å². The number of para-hydroxylation sites is 1. The van der Waals surface area contributed by atoms with Crippen LogP contribution in [0.2, 0.25) is 0 Å². The van der Waals surface area contributed by atoms with Crippen molar-refractivity contribution in [1.29, 1.82) is 0 Å². The van der Waals surface area contributed by atoms with Gasteiger partial charge in [0.05, 0.1) is 18.1 Å². The summed E-state index contributed by atoms with van der Waals surface area (Å²) in [6.45, 7) is 1.47. The second kappa shape index (κ2) is 7.34. The van der Waals surface area contributed by atoms with Crippen LogP contribution in [0, 0.1) is 0 Å². The van der Waals surface area contributed by atoms with E-state index >= 15 is 8.78 Å². The first-order chi connectivity index (χ1) is 12.9. The van der Waals surface area contributed by atoms with E-state index in [0.29, 0.717) is 11.1 Å². The molecule has 2 aromatic carbocycles. The van der Waals surface area contributed by atoms with E-state index in [9.17, 15) is 14.7 Å². The van der Waals surface area contributed by atoms with Crippen molar-refractivity contribution >= 4 is 11.9 Å². The molecular formula is C20H19F2NO4. The van der Waals surface area contributed by atoms with Gasteiger partial charge in [0.1, 0.15) is 5.75 Å². The molecule has 1 heterocycles. The number of nitrogens with zero attached hydrogens (tertiary/aromatic N) is 1. The quantitative estimate of drug-likeness (QED) is 0.870. The number of rotatable bonds is 5. The summed E-state index contributed by atoms with van der Waals surface area (Å²) in [6.07, 6.45) is 0. The predicted molar refractivity (Wildman–Crippen MR) is 93.7 cm³/mol. The summed E-state index contributed by atoms with van der Waals surface area (Å²) >= 11 is 0. The molecule has 1 amide bonds. The number of carbonyl (C=O) groups excluding carboxylic acids is 1. The zero-order valence-electron chi connectivity index (χ0n) is 14.7. The van der Waals surface area contributed by atoms with Gasteiger partial charge in [0.2, 0.25) is 0 Å². The molecule has 0 fully saturated rings. The third kappa shape index (κ3) is 3.49. The van der Waals surface area contributed by atoms with Crippen LogP contribution in [0.15, 0.2) is 48.5 Å². The number of alkyl halides is 2. The summed E-state index contributed by atoms with van der Waals surface area (Å²) in [4.78, 5) is 25.2. The fraction of sp³-hybridized carbons (Fsp3) is 0.300. The SMILES string of the molecule is CCOc1ccccc1C(F)(F)C(=O)N1Cc2ccccc2C(C(=O)O)C1. The van der Waals surface area contributed by atoms with Crippen molar-refractivity contribution in [2.75, 3.05) is 13.2 Å². The summed E-state index contributed by atoms with van der Waals surface area (Å²) in [6, 6.07) is 12.2. The van der Waals surface area contributed by atoms with Gasteiger partial charge in [-0.25, -0.2) is 0 Å². The number of aliphatic carboxylic acids is 1. The zero-order valence-corrected chi connectivity index (χ0v) is 14.7. The average Bonchev–Trinajstić information content (AvgIpc) is 2.67. The smallest absolute Gasteiger partial charge is 0.353 e.